The Labute approximate surface area is 367 Å². The number of rotatable bonds is 55. The van der Waals surface area contributed by atoms with Crippen molar-refractivity contribution in [3.05, 3.63) is 0 Å². The number of carbonyl (C=O) groups excluding carboxylic acids is 1. The topological polar surface area (TPSA) is 128 Å². The van der Waals surface area contributed by atoms with Crippen molar-refractivity contribution in [3.8, 4) is 0 Å². The predicted molar refractivity (Wildman–Crippen MR) is 238 cm³/mol. The lowest BCUT2D eigenvalue weighted by atomic mass is 10.0. The van der Waals surface area contributed by atoms with Gasteiger partial charge < -0.3 is 56.8 Å². The molecule has 0 atom stereocenters. The van der Waals surface area contributed by atoms with E-state index in [1.165, 1.54) is 109 Å². The molecule has 0 aliphatic carbocycles. The van der Waals surface area contributed by atoms with Crippen LogP contribution in [0.4, 0.5) is 0 Å². The van der Waals surface area contributed by atoms with Crippen LogP contribution in [0.3, 0.4) is 0 Å². The summed E-state index contributed by atoms with van der Waals surface area (Å²) in [5.74, 6) is -0.141. The van der Waals surface area contributed by atoms with Crippen LogP contribution in [0.25, 0.3) is 0 Å². The molecule has 0 aliphatic heterocycles. The van der Waals surface area contributed by atoms with Crippen LogP contribution in [0, 0.1) is 0 Å². The maximum Gasteiger partial charge on any atom is 0.305 e. The van der Waals surface area contributed by atoms with Crippen LogP contribution in [0.1, 0.15) is 149 Å². The van der Waals surface area contributed by atoms with Crippen molar-refractivity contribution in [2.24, 2.45) is 0 Å². The molecular formula is C47H94O13. The summed E-state index contributed by atoms with van der Waals surface area (Å²) < 4.78 is 66.0. The van der Waals surface area contributed by atoms with Gasteiger partial charge >= 0.3 is 5.97 Å². The molecule has 60 heavy (non-hydrogen) atoms. The number of hydrogen-bond donors (Lipinski definition) is 0. The number of carbonyl (C=O) groups is 1. The van der Waals surface area contributed by atoms with Crippen LogP contribution in [-0.4, -0.2) is 158 Å². The van der Waals surface area contributed by atoms with Crippen LogP contribution in [0.15, 0.2) is 0 Å². The molecule has 0 saturated heterocycles. The van der Waals surface area contributed by atoms with Crippen molar-refractivity contribution in [1.82, 2.24) is 0 Å². The van der Waals surface area contributed by atoms with E-state index in [-0.39, 0.29) is 12.6 Å². The van der Waals surface area contributed by atoms with Crippen LogP contribution in [-0.2, 0) is 61.6 Å². The first-order valence-corrected chi connectivity index (χ1v) is 24.3. The predicted octanol–water partition coefficient (Wildman–Crippen LogP) is 8.94. The van der Waals surface area contributed by atoms with Gasteiger partial charge in [0.05, 0.1) is 139 Å². The molecule has 0 aromatic carbocycles. The van der Waals surface area contributed by atoms with Crippen molar-refractivity contribution >= 4 is 5.97 Å². The van der Waals surface area contributed by atoms with Crippen molar-refractivity contribution < 1.29 is 61.6 Å². The van der Waals surface area contributed by atoms with Gasteiger partial charge in [-0.3, -0.25) is 4.79 Å². The molecule has 360 valence electrons. The fourth-order valence-electron chi connectivity index (χ4n) is 6.04. The number of esters is 1. The van der Waals surface area contributed by atoms with Crippen molar-refractivity contribution in [2.45, 2.75) is 149 Å². The molecule has 13 nitrogen and oxygen atoms in total. The van der Waals surface area contributed by atoms with Gasteiger partial charge in [0.25, 0.3) is 0 Å². The standard InChI is InChI=1S/C47H94O13/c1-3-5-7-9-11-12-13-14-15-16-17-18-20-22-24-49-25-26-50-27-28-51-29-30-52-31-32-53-33-34-54-35-36-55-37-38-56-39-40-57-41-42-58-43-44-59-45-46-60-47(48)23-21-19-10-8-6-4-2/h3-46H2,1-2H3. The van der Waals surface area contributed by atoms with Crippen molar-refractivity contribution in [1.29, 1.82) is 0 Å². The van der Waals surface area contributed by atoms with Crippen LogP contribution >= 0.6 is 0 Å². The van der Waals surface area contributed by atoms with Gasteiger partial charge in [-0.25, -0.2) is 0 Å². The molecule has 0 N–H and O–H groups in total. The van der Waals surface area contributed by atoms with Gasteiger partial charge in [0.1, 0.15) is 6.61 Å². The Hall–Kier alpha value is -0.970. The molecule has 0 unspecified atom stereocenters. The molecule has 13 heteroatoms. The summed E-state index contributed by atoms with van der Waals surface area (Å²) in [6.07, 6.45) is 26.7. The van der Waals surface area contributed by atoms with Crippen LogP contribution in [0.5, 0.6) is 0 Å². The maximum atomic E-state index is 11.7. The zero-order valence-electron chi connectivity index (χ0n) is 38.9. The molecule has 0 rings (SSSR count). The summed E-state index contributed by atoms with van der Waals surface area (Å²) in [6.45, 7) is 16.4. The molecule has 0 bridgehead atoms. The quantitative estimate of drug-likeness (QED) is 0.0427. The summed E-state index contributed by atoms with van der Waals surface area (Å²) in [5.41, 5.74) is 0. The van der Waals surface area contributed by atoms with Crippen molar-refractivity contribution in [2.75, 3.05) is 152 Å². The summed E-state index contributed by atoms with van der Waals surface area (Å²) >= 11 is 0. The maximum absolute atomic E-state index is 11.7. The molecular weight excluding hydrogens is 773 g/mol. The highest BCUT2D eigenvalue weighted by atomic mass is 16.6. The molecule has 0 aliphatic rings. The van der Waals surface area contributed by atoms with Crippen LogP contribution < -0.4 is 0 Å². The van der Waals surface area contributed by atoms with Gasteiger partial charge in [-0.15, -0.1) is 0 Å². The van der Waals surface area contributed by atoms with Gasteiger partial charge in [-0.1, -0.05) is 129 Å². The highest BCUT2D eigenvalue weighted by Gasteiger charge is 2.03. The molecule has 0 aromatic heterocycles. The fraction of sp³-hybridized carbons (Fsp3) is 0.979. The summed E-state index contributed by atoms with van der Waals surface area (Å²) in [6, 6.07) is 0. The fourth-order valence-corrected chi connectivity index (χ4v) is 6.04. The average Bonchev–Trinajstić information content (AvgIpc) is 3.25. The third-order valence-electron chi connectivity index (χ3n) is 9.59. The Morgan fingerprint density at radius 1 is 0.233 bits per heavy atom. The zero-order valence-corrected chi connectivity index (χ0v) is 38.9. The molecule has 0 spiro atoms. The second-order valence-electron chi connectivity index (χ2n) is 15.1. The van der Waals surface area contributed by atoms with E-state index in [1.54, 1.807) is 0 Å². The number of ether oxygens (including phenoxy) is 12. The van der Waals surface area contributed by atoms with Gasteiger partial charge in [-0.05, 0) is 12.8 Å². The van der Waals surface area contributed by atoms with E-state index >= 15 is 0 Å². The smallest absolute Gasteiger partial charge is 0.305 e. The van der Waals surface area contributed by atoms with E-state index in [0.717, 1.165) is 25.9 Å². The van der Waals surface area contributed by atoms with Crippen LogP contribution in [0.2, 0.25) is 0 Å². The molecule has 0 saturated carbocycles. The Morgan fingerprint density at radius 3 is 0.700 bits per heavy atom. The minimum absolute atomic E-state index is 0.141. The third-order valence-corrected chi connectivity index (χ3v) is 9.59. The van der Waals surface area contributed by atoms with Gasteiger partial charge in [0.2, 0.25) is 0 Å². The van der Waals surface area contributed by atoms with Gasteiger partial charge in [0.15, 0.2) is 0 Å². The van der Waals surface area contributed by atoms with E-state index in [0.29, 0.717) is 145 Å². The minimum atomic E-state index is -0.141. The lowest BCUT2D eigenvalue weighted by molar-refractivity contribution is -0.145. The number of unbranched alkanes of at least 4 members (excludes halogenated alkanes) is 18. The molecule has 0 fully saturated rings. The van der Waals surface area contributed by atoms with E-state index in [4.69, 9.17) is 56.8 Å². The average molecular weight is 867 g/mol. The summed E-state index contributed by atoms with van der Waals surface area (Å²) in [7, 11) is 0. The van der Waals surface area contributed by atoms with E-state index in [1.807, 2.05) is 0 Å². The SMILES string of the molecule is CCCCCCCCCCCCCCCCOCCOCCOCCOCCOCCOCCOCCOCCOCCOCCOCCOC(=O)CCCCCCCC. The lowest BCUT2D eigenvalue weighted by Gasteiger charge is -2.09. The molecule has 0 heterocycles. The first-order valence-electron chi connectivity index (χ1n) is 24.3. The Kier molecular flexibility index (Phi) is 55.1. The second-order valence-corrected chi connectivity index (χ2v) is 15.1. The molecule has 0 radical (unpaired) electrons. The zero-order chi connectivity index (χ0) is 43.2. The van der Waals surface area contributed by atoms with Crippen molar-refractivity contribution in [3.63, 3.8) is 0 Å². The Balaban J connectivity index is 3.09. The van der Waals surface area contributed by atoms with E-state index < -0.39 is 0 Å². The third kappa shape index (κ3) is 55.0. The minimum Gasteiger partial charge on any atom is -0.463 e. The largest absolute Gasteiger partial charge is 0.463 e. The molecule has 0 amide bonds. The first kappa shape index (κ1) is 59.0. The Bertz CT molecular complexity index is 780. The lowest BCUT2D eigenvalue weighted by Crippen LogP contribution is -2.15. The monoisotopic (exact) mass is 867 g/mol. The summed E-state index contributed by atoms with van der Waals surface area (Å²) in [4.78, 5) is 11.7. The summed E-state index contributed by atoms with van der Waals surface area (Å²) in [5, 5.41) is 0. The first-order chi connectivity index (χ1) is 29.8. The second kappa shape index (κ2) is 56.0. The highest BCUT2D eigenvalue weighted by Crippen LogP contribution is 2.13. The number of hydrogen-bond acceptors (Lipinski definition) is 13. The Morgan fingerprint density at radius 2 is 0.433 bits per heavy atom. The van der Waals surface area contributed by atoms with E-state index in [9.17, 15) is 4.79 Å². The highest BCUT2D eigenvalue weighted by molar-refractivity contribution is 5.69. The van der Waals surface area contributed by atoms with E-state index in [2.05, 4.69) is 13.8 Å². The van der Waals surface area contributed by atoms with Gasteiger partial charge in [-0.2, -0.15) is 0 Å². The van der Waals surface area contributed by atoms with Gasteiger partial charge in [0, 0.05) is 13.0 Å². The molecule has 0 aromatic rings. The normalized spacial score (nSPS) is 11.6.